The van der Waals surface area contributed by atoms with Crippen molar-refractivity contribution in [2.24, 2.45) is 11.1 Å². The molecule has 1 amide bonds. The summed E-state index contributed by atoms with van der Waals surface area (Å²) in [7, 11) is 3.77. The molecule has 0 spiro atoms. The van der Waals surface area contributed by atoms with Crippen molar-refractivity contribution in [2.45, 2.75) is 33.6 Å². The van der Waals surface area contributed by atoms with Crippen molar-refractivity contribution in [3.8, 4) is 5.69 Å². The van der Waals surface area contributed by atoms with E-state index in [1.807, 2.05) is 44.1 Å². The van der Waals surface area contributed by atoms with Gasteiger partial charge in [-0.3, -0.25) is 9.59 Å². The van der Waals surface area contributed by atoms with Crippen molar-refractivity contribution in [2.75, 3.05) is 19.0 Å². The van der Waals surface area contributed by atoms with E-state index in [0.717, 1.165) is 34.7 Å². The van der Waals surface area contributed by atoms with Crippen molar-refractivity contribution < 1.29 is 9.59 Å². The number of ketones is 1. The lowest BCUT2D eigenvalue weighted by Gasteiger charge is -2.30. The Morgan fingerprint density at radius 1 is 1.20 bits per heavy atom. The third-order valence-electron chi connectivity index (χ3n) is 4.86. The topological polar surface area (TPSA) is 68.3 Å². The zero-order valence-corrected chi connectivity index (χ0v) is 15.5. The summed E-state index contributed by atoms with van der Waals surface area (Å²) >= 11 is 0. The molecule has 0 unspecified atom stereocenters. The van der Waals surface area contributed by atoms with Crippen molar-refractivity contribution in [3.05, 3.63) is 46.8 Å². The van der Waals surface area contributed by atoms with Gasteiger partial charge in [0.05, 0.1) is 11.3 Å². The zero-order valence-electron chi connectivity index (χ0n) is 15.5. The number of carbonyl (C=O) groups is 2. The highest BCUT2D eigenvalue weighted by Gasteiger charge is 2.34. The number of aromatic nitrogens is 1. The standard InChI is InChI=1S/C20H25N3O2/c1-12-8-15-17(10-20(2,3)11-18(15)24)23(12)13-6-7-14(19(21)25)16(9-13)22(4)5/h6-9H,10-11H2,1-5H3,(H2,21,25). The van der Waals surface area contributed by atoms with Crippen LogP contribution in [0.2, 0.25) is 0 Å². The number of amides is 1. The van der Waals surface area contributed by atoms with Gasteiger partial charge in [-0.25, -0.2) is 0 Å². The second-order valence-electron chi connectivity index (χ2n) is 7.88. The Morgan fingerprint density at radius 2 is 1.88 bits per heavy atom. The maximum Gasteiger partial charge on any atom is 0.250 e. The quantitative estimate of drug-likeness (QED) is 0.934. The van der Waals surface area contributed by atoms with Crippen LogP contribution in [0.5, 0.6) is 0 Å². The molecule has 1 aromatic heterocycles. The van der Waals surface area contributed by atoms with E-state index in [2.05, 4.69) is 18.4 Å². The number of anilines is 1. The molecule has 1 aliphatic carbocycles. The molecule has 1 aromatic carbocycles. The summed E-state index contributed by atoms with van der Waals surface area (Å²) in [5, 5.41) is 0. The van der Waals surface area contributed by atoms with E-state index < -0.39 is 5.91 Å². The Hall–Kier alpha value is -2.56. The van der Waals surface area contributed by atoms with Crippen molar-refractivity contribution in [1.29, 1.82) is 0 Å². The fraction of sp³-hybridized carbons (Fsp3) is 0.400. The van der Waals surface area contributed by atoms with Gasteiger partial charge >= 0.3 is 0 Å². The lowest BCUT2D eigenvalue weighted by atomic mass is 9.76. The molecule has 1 aliphatic rings. The minimum atomic E-state index is -0.446. The highest BCUT2D eigenvalue weighted by molar-refractivity contribution is 6.00. The van der Waals surface area contributed by atoms with Crippen molar-refractivity contribution >= 4 is 17.4 Å². The maximum atomic E-state index is 12.5. The number of hydrogen-bond acceptors (Lipinski definition) is 3. The predicted octanol–water partition coefficient (Wildman–Crippen LogP) is 3.11. The molecule has 2 aromatic rings. The molecule has 0 bridgehead atoms. The molecule has 0 saturated carbocycles. The van der Waals surface area contributed by atoms with E-state index in [1.165, 1.54) is 0 Å². The lowest BCUT2D eigenvalue weighted by molar-refractivity contribution is 0.0910. The minimum Gasteiger partial charge on any atom is -0.377 e. The number of nitrogens with zero attached hydrogens (tertiary/aromatic N) is 2. The van der Waals surface area contributed by atoms with Crippen LogP contribution in [0, 0.1) is 12.3 Å². The number of primary amides is 1. The largest absolute Gasteiger partial charge is 0.377 e. The summed E-state index contributed by atoms with van der Waals surface area (Å²) in [5.41, 5.74) is 10.5. The smallest absolute Gasteiger partial charge is 0.250 e. The van der Waals surface area contributed by atoms with Crippen LogP contribution in [0.15, 0.2) is 24.3 Å². The van der Waals surface area contributed by atoms with Crippen LogP contribution in [0.4, 0.5) is 5.69 Å². The highest BCUT2D eigenvalue weighted by atomic mass is 16.1. The molecule has 1 heterocycles. The third-order valence-corrected chi connectivity index (χ3v) is 4.86. The van der Waals surface area contributed by atoms with Gasteiger partial charge in [0.2, 0.25) is 0 Å². The van der Waals surface area contributed by atoms with Gasteiger partial charge in [-0.05, 0) is 43.0 Å². The lowest BCUT2D eigenvalue weighted by Crippen LogP contribution is -2.28. The summed E-state index contributed by atoms with van der Waals surface area (Å²) in [4.78, 5) is 26.1. The van der Waals surface area contributed by atoms with E-state index >= 15 is 0 Å². The summed E-state index contributed by atoms with van der Waals surface area (Å²) in [6, 6.07) is 7.59. The van der Waals surface area contributed by atoms with E-state index in [9.17, 15) is 9.59 Å². The number of Topliss-reactive ketones (excluding diaryl/α,β-unsaturated/α-hetero) is 1. The van der Waals surface area contributed by atoms with E-state index in [0.29, 0.717) is 12.0 Å². The Bertz CT molecular complexity index is 875. The highest BCUT2D eigenvalue weighted by Crippen LogP contribution is 2.38. The molecule has 132 valence electrons. The van der Waals surface area contributed by atoms with E-state index in [1.54, 1.807) is 6.07 Å². The summed E-state index contributed by atoms with van der Waals surface area (Å²) < 4.78 is 2.13. The van der Waals surface area contributed by atoms with Gasteiger partial charge in [0.1, 0.15) is 0 Å². The number of hydrogen-bond donors (Lipinski definition) is 1. The van der Waals surface area contributed by atoms with E-state index in [4.69, 9.17) is 5.73 Å². The fourth-order valence-corrected chi connectivity index (χ4v) is 3.75. The maximum absolute atomic E-state index is 12.5. The molecule has 0 radical (unpaired) electrons. The van der Waals surface area contributed by atoms with Gasteiger partial charge in [0, 0.05) is 43.2 Å². The number of nitrogens with two attached hydrogens (primary N) is 1. The van der Waals surface area contributed by atoms with Crippen LogP contribution in [0.25, 0.3) is 5.69 Å². The second-order valence-corrected chi connectivity index (χ2v) is 7.88. The van der Waals surface area contributed by atoms with Crippen molar-refractivity contribution in [3.63, 3.8) is 0 Å². The number of carbonyl (C=O) groups excluding carboxylic acids is 2. The van der Waals surface area contributed by atoms with Crippen LogP contribution in [0.1, 0.15) is 52.4 Å². The molecule has 25 heavy (non-hydrogen) atoms. The first-order valence-electron chi connectivity index (χ1n) is 8.47. The first-order chi connectivity index (χ1) is 11.6. The zero-order chi connectivity index (χ0) is 18.5. The number of benzene rings is 1. The minimum absolute atomic E-state index is 0.0514. The third kappa shape index (κ3) is 2.95. The molecule has 0 fully saturated rings. The Labute approximate surface area is 148 Å². The molecular formula is C20H25N3O2. The number of rotatable bonds is 3. The molecule has 5 nitrogen and oxygen atoms in total. The van der Waals surface area contributed by atoms with Gasteiger partial charge in [0.25, 0.3) is 5.91 Å². The number of fused-ring (bicyclic) bond motifs is 1. The van der Waals surface area contributed by atoms with E-state index in [-0.39, 0.29) is 11.2 Å². The second kappa shape index (κ2) is 5.76. The predicted molar refractivity (Wildman–Crippen MR) is 99.8 cm³/mol. The van der Waals surface area contributed by atoms with Gasteiger partial charge in [-0.2, -0.15) is 0 Å². The average Bonchev–Trinajstić information content (AvgIpc) is 2.81. The monoisotopic (exact) mass is 339 g/mol. The molecule has 0 saturated heterocycles. The van der Waals surface area contributed by atoms with Gasteiger partial charge < -0.3 is 15.2 Å². The Balaban J connectivity index is 2.20. The van der Waals surface area contributed by atoms with Gasteiger partial charge in [-0.15, -0.1) is 0 Å². The van der Waals surface area contributed by atoms with Gasteiger partial charge in [0.15, 0.2) is 5.78 Å². The van der Waals surface area contributed by atoms with Crippen LogP contribution < -0.4 is 10.6 Å². The molecule has 2 N–H and O–H groups in total. The van der Waals surface area contributed by atoms with Crippen LogP contribution in [-0.4, -0.2) is 30.4 Å². The summed E-state index contributed by atoms with van der Waals surface area (Å²) in [6.07, 6.45) is 1.42. The molecule has 3 rings (SSSR count). The van der Waals surface area contributed by atoms with Crippen molar-refractivity contribution in [1.82, 2.24) is 4.57 Å². The summed E-state index contributed by atoms with van der Waals surface area (Å²) in [6.45, 7) is 6.26. The molecule has 0 aliphatic heterocycles. The van der Waals surface area contributed by atoms with Crippen LogP contribution in [0.3, 0.4) is 0 Å². The molecule has 0 atom stereocenters. The van der Waals surface area contributed by atoms with Gasteiger partial charge in [-0.1, -0.05) is 13.8 Å². The first kappa shape index (κ1) is 17.3. The summed E-state index contributed by atoms with van der Waals surface area (Å²) in [5.74, 6) is -0.243. The SMILES string of the molecule is Cc1cc2c(n1-c1ccc(C(N)=O)c(N(C)C)c1)CC(C)(C)CC2=O. The molecule has 5 heteroatoms. The van der Waals surface area contributed by atoms with Crippen LogP contribution in [-0.2, 0) is 6.42 Å². The first-order valence-corrected chi connectivity index (χ1v) is 8.47. The molecular weight excluding hydrogens is 314 g/mol. The average molecular weight is 339 g/mol. The fourth-order valence-electron chi connectivity index (χ4n) is 3.75. The normalized spacial score (nSPS) is 15.8. The van der Waals surface area contributed by atoms with Crippen LogP contribution >= 0.6 is 0 Å². The number of aryl methyl sites for hydroxylation is 1. The Kier molecular flexibility index (Phi) is 3.98. The Morgan fingerprint density at radius 3 is 2.48 bits per heavy atom.